The Balaban J connectivity index is 1.59. The molecule has 0 atom stereocenters. The molecular formula is C27H34N2O3. The van der Waals surface area contributed by atoms with Gasteiger partial charge >= 0.3 is 0 Å². The maximum Gasteiger partial charge on any atom is 0.203 e. The lowest BCUT2D eigenvalue weighted by Crippen LogP contribution is -2.26. The Labute approximate surface area is 190 Å². The lowest BCUT2D eigenvalue weighted by atomic mass is 9.81. The summed E-state index contributed by atoms with van der Waals surface area (Å²) in [4.78, 5) is 19.8. The normalized spacial score (nSPS) is 21.5. The lowest BCUT2D eigenvalue weighted by molar-refractivity contribution is -0.111. The van der Waals surface area contributed by atoms with Crippen LogP contribution in [0, 0.1) is 5.92 Å². The molecule has 0 unspecified atom stereocenters. The van der Waals surface area contributed by atoms with Gasteiger partial charge in [-0.3, -0.25) is 9.79 Å². The SMILES string of the molecule is CCC1=C(C)C(=C2C(=O)C(c3ccc(N(CC)CCC4CCCC4)cc3O)=C2O)N=C1C. The van der Waals surface area contributed by atoms with Gasteiger partial charge in [0.25, 0.3) is 0 Å². The molecule has 0 bridgehead atoms. The molecule has 0 spiro atoms. The van der Waals surface area contributed by atoms with Crippen LogP contribution in [0.25, 0.3) is 5.57 Å². The van der Waals surface area contributed by atoms with Gasteiger partial charge in [0.15, 0.2) is 0 Å². The smallest absolute Gasteiger partial charge is 0.203 e. The van der Waals surface area contributed by atoms with Gasteiger partial charge in [-0.1, -0.05) is 32.6 Å². The van der Waals surface area contributed by atoms with Gasteiger partial charge < -0.3 is 15.1 Å². The van der Waals surface area contributed by atoms with Crippen LogP contribution in [0.3, 0.4) is 0 Å². The molecule has 170 valence electrons. The number of aliphatic hydroxyl groups excluding tert-OH is 1. The van der Waals surface area contributed by atoms with E-state index in [4.69, 9.17) is 0 Å². The number of hydrogen-bond donors (Lipinski definition) is 2. The fraction of sp³-hybridized carbons (Fsp3) is 0.481. The number of ketones is 1. The summed E-state index contributed by atoms with van der Waals surface area (Å²) in [6, 6.07) is 5.39. The number of phenols is 1. The number of carbonyl (C=O) groups excluding carboxylic acids is 1. The molecule has 1 fully saturated rings. The van der Waals surface area contributed by atoms with E-state index in [2.05, 4.69) is 23.7 Å². The minimum Gasteiger partial charge on any atom is -0.507 e. The van der Waals surface area contributed by atoms with E-state index in [-0.39, 0.29) is 28.4 Å². The largest absolute Gasteiger partial charge is 0.507 e. The third kappa shape index (κ3) is 3.78. The summed E-state index contributed by atoms with van der Waals surface area (Å²) in [6.07, 6.45) is 7.35. The van der Waals surface area contributed by atoms with Crippen LogP contribution >= 0.6 is 0 Å². The van der Waals surface area contributed by atoms with Crippen molar-refractivity contribution in [1.82, 2.24) is 0 Å². The Kier molecular flexibility index (Phi) is 6.27. The minimum absolute atomic E-state index is 0.0216. The number of Topliss-reactive ketones (excluding diaryl/α,β-unsaturated/α-hetero) is 1. The molecule has 1 aromatic rings. The number of benzene rings is 1. The number of anilines is 1. The number of nitrogens with zero attached hydrogens (tertiary/aromatic N) is 2. The van der Waals surface area contributed by atoms with Crippen molar-refractivity contribution in [3.8, 4) is 5.75 Å². The fourth-order valence-electron chi connectivity index (χ4n) is 5.41. The van der Waals surface area contributed by atoms with E-state index in [1.54, 1.807) is 12.1 Å². The Morgan fingerprint density at radius 2 is 1.81 bits per heavy atom. The predicted molar refractivity (Wildman–Crippen MR) is 130 cm³/mol. The van der Waals surface area contributed by atoms with Crippen molar-refractivity contribution in [2.75, 3.05) is 18.0 Å². The number of phenolic OH excluding ortho intramolecular Hbond substituents is 1. The van der Waals surface area contributed by atoms with Gasteiger partial charge in [-0.05, 0) is 62.8 Å². The van der Waals surface area contributed by atoms with Gasteiger partial charge in [0, 0.05) is 36.1 Å². The predicted octanol–water partition coefficient (Wildman–Crippen LogP) is 6.11. The van der Waals surface area contributed by atoms with E-state index in [9.17, 15) is 15.0 Å². The van der Waals surface area contributed by atoms with Crippen molar-refractivity contribution in [3.05, 3.63) is 51.9 Å². The highest BCUT2D eigenvalue weighted by Crippen LogP contribution is 2.45. The van der Waals surface area contributed by atoms with Crippen LogP contribution in [0.4, 0.5) is 5.69 Å². The zero-order chi connectivity index (χ0) is 23.0. The lowest BCUT2D eigenvalue weighted by Gasteiger charge is -2.27. The fourth-order valence-corrected chi connectivity index (χ4v) is 5.41. The van der Waals surface area contributed by atoms with Gasteiger partial charge in [0.2, 0.25) is 5.78 Å². The zero-order valence-corrected chi connectivity index (χ0v) is 19.7. The summed E-state index contributed by atoms with van der Waals surface area (Å²) in [5.41, 5.74) is 5.27. The average Bonchev–Trinajstić information content (AvgIpc) is 3.38. The zero-order valence-electron chi connectivity index (χ0n) is 19.7. The maximum absolute atomic E-state index is 13.0. The summed E-state index contributed by atoms with van der Waals surface area (Å²) in [6.45, 7) is 9.87. The van der Waals surface area contributed by atoms with Crippen molar-refractivity contribution in [2.24, 2.45) is 10.9 Å². The van der Waals surface area contributed by atoms with Crippen LogP contribution in [0.2, 0.25) is 0 Å². The quantitative estimate of drug-likeness (QED) is 0.508. The molecule has 2 aliphatic carbocycles. The number of aromatic hydroxyl groups is 1. The van der Waals surface area contributed by atoms with E-state index in [0.29, 0.717) is 11.3 Å². The first-order valence-corrected chi connectivity index (χ1v) is 11.9. The molecule has 4 rings (SSSR count). The summed E-state index contributed by atoms with van der Waals surface area (Å²) < 4.78 is 0. The summed E-state index contributed by atoms with van der Waals surface area (Å²) >= 11 is 0. The van der Waals surface area contributed by atoms with Crippen molar-refractivity contribution >= 4 is 22.8 Å². The van der Waals surface area contributed by atoms with Crippen LogP contribution in [0.5, 0.6) is 5.75 Å². The van der Waals surface area contributed by atoms with Gasteiger partial charge in [0.05, 0.1) is 16.8 Å². The Bertz CT molecular complexity index is 1070. The molecule has 1 aliphatic heterocycles. The standard InChI is InChI=1S/C27H34N2O3/c1-5-20-16(3)25(28-17(20)4)24-26(31)23(27(24)32)21-12-11-19(15-22(21)30)29(6-2)14-13-18-9-7-8-10-18/h11-12,15,18,30-31H,5-10,13-14H2,1-4H3. The molecule has 1 heterocycles. The summed E-state index contributed by atoms with van der Waals surface area (Å²) in [7, 11) is 0. The van der Waals surface area contributed by atoms with Crippen molar-refractivity contribution in [1.29, 1.82) is 0 Å². The topological polar surface area (TPSA) is 73.1 Å². The van der Waals surface area contributed by atoms with Gasteiger partial charge in [-0.25, -0.2) is 0 Å². The third-order valence-electron chi connectivity index (χ3n) is 7.32. The molecule has 1 saturated carbocycles. The molecule has 5 nitrogen and oxygen atoms in total. The third-order valence-corrected chi connectivity index (χ3v) is 7.32. The Morgan fingerprint density at radius 1 is 1.09 bits per heavy atom. The number of rotatable bonds is 7. The second-order valence-electron chi connectivity index (χ2n) is 9.15. The monoisotopic (exact) mass is 434 g/mol. The highest BCUT2D eigenvalue weighted by Gasteiger charge is 2.40. The first-order valence-electron chi connectivity index (χ1n) is 11.9. The van der Waals surface area contributed by atoms with Crippen LogP contribution in [0.1, 0.15) is 71.8 Å². The van der Waals surface area contributed by atoms with Crippen molar-refractivity contribution in [2.45, 2.75) is 66.2 Å². The molecular weight excluding hydrogens is 400 g/mol. The van der Waals surface area contributed by atoms with Crippen LogP contribution in [-0.2, 0) is 4.79 Å². The van der Waals surface area contributed by atoms with E-state index in [1.165, 1.54) is 32.1 Å². The molecule has 2 N–H and O–H groups in total. The second kappa shape index (κ2) is 8.97. The molecule has 1 aromatic carbocycles. The molecule has 0 aromatic heterocycles. The van der Waals surface area contributed by atoms with E-state index < -0.39 is 0 Å². The Hall–Kier alpha value is -2.82. The molecule has 5 heteroatoms. The Morgan fingerprint density at radius 3 is 2.38 bits per heavy atom. The van der Waals surface area contributed by atoms with E-state index >= 15 is 0 Å². The van der Waals surface area contributed by atoms with Crippen LogP contribution in [0.15, 0.2) is 51.4 Å². The summed E-state index contributed by atoms with van der Waals surface area (Å²) in [5, 5.41) is 21.5. The molecule has 3 aliphatic rings. The first-order chi connectivity index (χ1) is 15.4. The first kappa shape index (κ1) is 22.4. The number of allylic oxidation sites excluding steroid dienone is 4. The molecule has 32 heavy (non-hydrogen) atoms. The summed E-state index contributed by atoms with van der Waals surface area (Å²) in [5.74, 6) is 0.497. The number of carbonyl (C=O) groups is 1. The minimum atomic E-state index is -0.262. The van der Waals surface area contributed by atoms with Gasteiger partial charge in [-0.2, -0.15) is 0 Å². The molecule has 0 radical (unpaired) electrons. The van der Waals surface area contributed by atoms with Crippen molar-refractivity contribution < 1.29 is 15.0 Å². The number of aliphatic imine (C=N–C) groups is 1. The average molecular weight is 435 g/mol. The van der Waals surface area contributed by atoms with E-state index in [0.717, 1.165) is 48.0 Å². The van der Waals surface area contributed by atoms with Crippen LogP contribution in [-0.4, -0.2) is 34.8 Å². The van der Waals surface area contributed by atoms with E-state index in [1.807, 2.05) is 19.9 Å². The number of hydrogen-bond acceptors (Lipinski definition) is 5. The van der Waals surface area contributed by atoms with Crippen LogP contribution < -0.4 is 4.90 Å². The highest BCUT2D eigenvalue weighted by atomic mass is 16.3. The maximum atomic E-state index is 13.0. The molecule has 0 amide bonds. The van der Waals surface area contributed by atoms with Gasteiger partial charge in [-0.15, -0.1) is 0 Å². The van der Waals surface area contributed by atoms with Gasteiger partial charge in [0.1, 0.15) is 11.5 Å². The van der Waals surface area contributed by atoms with Crippen molar-refractivity contribution in [3.63, 3.8) is 0 Å². The molecule has 0 saturated heterocycles. The number of aliphatic hydroxyl groups is 1. The second-order valence-corrected chi connectivity index (χ2v) is 9.15. The highest BCUT2D eigenvalue weighted by molar-refractivity contribution is 6.40.